The Hall–Kier alpha value is -5.83. The van der Waals surface area contributed by atoms with Crippen molar-refractivity contribution in [3.8, 4) is 11.3 Å². The van der Waals surface area contributed by atoms with E-state index in [0.717, 1.165) is 58.1 Å². The number of carbonyl (C=O) groups is 3. The van der Waals surface area contributed by atoms with Crippen molar-refractivity contribution in [1.29, 1.82) is 0 Å². The third-order valence-corrected chi connectivity index (χ3v) is 7.41. The molecule has 12 nitrogen and oxygen atoms in total. The number of para-hydroxylation sites is 1. The molecule has 5 heterocycles. The van der Waals surface area contributed by atoms with E-state index in [0.29, 0.717) is 18.8 Å². The van der Waals surface area contributed by atoms with E-state index in [9.17, 15) is 22.8 Å². The quantitative estimate of drug-likeness (QED) is 0.235. The molecule has 3 amide bonds. The number of morpholine rings is 1. The molecule has 0 radical (unpaired) electrons. The molecule has 240 valence electrons. The van der Waals surface area contributed by atoms with Crippen molar-refractivity contribution >= 4 is 52.4 Å². The molecule has 2 aromatic carbocycles. The molecule has 3 aromatic heterocycles. The molecule has 7 rings (SSSR count). The number of benzene rings is 2. The summed E-state index contributed by atoms with van der Waals surface area (Å²) in [5.41, 5.74) is 5.79. The van der Waals surface area contributed by atoms with Crippen LogP contribution in [0.25, 0.3) is 40.0 Å². The number of anilines is 1. The summed E-state index contributed by atoms with van der Waals surface area (Å²) in [4.78, 5) is 49.3. The van der Waals surface area contributed by atoms with Gasteiger partial charge in [-0.15, -0.1) is 0 Å². The second kappa shape index (κ2) is 12.9. The third-order valence-electron chi connectivity index (χ3n) is 7.41. The first-order valence-electron chi connectivity index (χ1n) is 14.3. The fraction of sp³-hybridized carbons (Fsp3) is 0.188. The minimum Gasteiger partial charge on any atom is -0.475 e. The average Bonchev–Trinajstić information content (AvgIpc) is 3.65. The maximum atomic E-state index is 12.1. The first kappa shape index (κ1) is 31.2. The Kier molecular flexibility index (Phi) is 8.54. The van der Waals surface area contributed by atoms with Crippen LogP contribution in [-0.2, 0) is 14.3 Å². The lowest BCUT2D eigenvalue weighted by atomic mass is 10.0. The number of carboxylic acid groups (broad SMARTS) is 1. The Labute approximate surface area is 264 Å². The van der Waals surface area contributed by atoms with Crippen LogP contribution in [0, 0.1) is 0 Å². The summed E-state index contributed by atoms with van der Waals surface area (Å²) < 4.78 is 39.3. The summed E-state index contributed by atoms with van der Waals surface area (Å²) >= 11 is 0. The van der Waals surface area contributed by atoms with Gasteiger partial charge in [0.25, 0.3) is 5.91 Å². The lowest BCUT2D eigenvalue weighted by molar-refractivity contribution is -0.192. The first-order valence-corrected chi connectivity index (χ1v) is 14.3. The fourth-order valence-electron chi connectivity index (χ4n) is 5.12. The fourth-order valence-corrected chi connectivity index (χ4v) is 5.12. The van der Waals surface area contributed by atoms with E-state index in [4.69, 9.17) is 29.6 Å². The Morgan fingerprint density at radius 3 is 2.34 bits per heavy atom. The van der Waals surface area contributed by atoms with Crippen molar-refractivity contribution in [2.75, 3.05) is 31.2 Å². The molecular formula is C32H26F3N7O5. The topological polar surface area (TPSA) is 151 Å². The molecule has 5 aromatic rings. The van der Waals surface area contributed by atoms with Crippen LogP contribution in [-0.4, -0.2) is 74.8 Å². The number of alkyl halides is 3. The smallest absolute Gasteiger partial charge is 0.475 e. The summed E-state index contributed by atoms with van der Waals surface area (Å²) in [6.45, 7) is 2.77. The molecule has 0 aliphatic carbocycles. The maximum absolute atomic E-state index is 12.1. The number of pyridine rings is 1. The molecule has 2 fully saturated rings. The van der Waals surface area contributed by atoms with Crippen LogP contribution in [0.2, 0.25) is 0 Å². The summed E-state index contributed by atoms with van der Waals surface area (Å²) in [5.74, 6) is -2.31. The number of hydrogen-bond acceptors (Lipinski definition) is 8. The average molecular weight is 646 g/mol. The van der Waals surface area contributed by atoms with Crippen LogP contribution in [0.4, 0.5) is 23.8 Å². The van der Waals surface area contributed by atoms with E-state index in [1.54, 1.807) is 0 Å². The Morgan fingerprint density at radius 1 is 0.957 bits per heavy atom. The van der Waals surface area contributed by atoms with Crippen LogP contribution in [0.1, 0.15) is 23.0 Å². The summed E-state index contributed by atoms with van der Waals surface area (Å²) in [7, 11) is 0. The number of halogens is 3. The highest BCUT2D eigenvalue weighted by Gasteiger charge is 2.38. The van der Waals surface area contributed by atoms with E-state index < -0.39 is 24.2 Å². The van der Waals surface area contributed by atoms with Gasteiger partial charge in [0.05, 0.1) is 42.0 Å². The number of hydrogen-bond donors (Lipinski definition) is 3. The van der Waals surface area contributed by atoms with Gasteiger partial charge in [0.1, 0.15) is 6.04 Å². The number of rotatable bonds is 5. The molecule has 1 unspecified atom stereocenters. The molecule has 2 saturated heterocycles. The van der Waals surface area contributed by atoms with Crippen molar-refractivity contribution in [2.45, 2.75) is 12.2 Å². The highest BCUT2D eigenvalue weighted by Crippen LogP contribution is 2.29. The lowest BCUT2D eigenvalue weighted by Gasteiger charge is -2.28. The predicted molar refractivity (Wildman–Crippen MR) is 165 cm³/mol. The predicted octanol–water partition coefficient (Wildman–Crippen LogP) is 4.47. The summed E-state index contributed by atoms with van der Waals surface area (Å²) in [5, 5.41) is 13.1. The van der Waals surface area contributed by atoms with E-state index >= 15 is 0 Å². The second-order valence-electron chi connectivity index (χ2n) is 10.5. The molecule has 2 aliphatic rings. The van der Waals surface area contributed by atoms with Crippen molar-refractivity contribution < 1.29 is 37.4 Å². The number of carbonyl (C=O) groups excluding carboxylic acids is 2. The molecule has 3 N–H and O–H groups in total. The number of imide groups is 1. The molecule has 1 atom stereocenters. The van der Waals surface area contributed by atoms with Crippen LogP contribution < -0.4 is 15.5 Å². The number of imidazole rings is 1. The standard InChI is InChI=1S/C30H25N7O3.C2HF3O2/c38-29-26(34-30(39)35-29)21-7-5-20(6-8-21)25-17-31-27(36-13-15-40-16-14-36)28-33-23(18-37(25)28)12-11-22-10-9-19-3-1-2-4-24(19)32-22;3-2(4,5)1(6)7/h1-12,17-18,26H,13-16H2,(H2,34,35,38,39);(H,6,7)/b12-11+;. The zero-order valence-electron chi connectivity index (χ0n) is 24.4. The minimum atomic E-state index is -5.08. The highest BCUT2D eigenvalue weighted by molar-refractivity contribution is 6.04. The molecular weight excluding hydrogens is 619 g/mol. The molecule has 15 heteroatoms. The number of nitrogens with one attached hydrogen (secondary N) is 2. The lowest BCUT2D eigenvalue weighted by Crippen LogP contribution is -2.37. The van der Waals surface area contributed by atoms with E-state index in [-0.39, 0.29) is 5.91 Å². The summed E-state index contributed by atoms with van der Waals surface area (Å²) in [6, 6.07) is 18.4. The number of carboxylic acids is 1. The van der Waals surface area contributed by atoms with Crippen molar-refractivity contribution in [2.24, 2.45) is 0 Å². The number of ether oxygens (including phenoxy) is 1. The molecule has 2 aliphatic heterocycles. The van der Waals surface area contributed by atoms with Crippen molar-refractivity contribution in [3.63, 3.8) is 0 Å². The highest BCUT2D eigenvalue weighted by atomic mass is 19.4. The normalized spacial score (nSPS) is 16.7. The van der Waals surface area contributed by atoms with Gasteiger partial charge >= 0.3 is 18.2 Å². The summed E-state index contributed by atoms with van der Waals surface area (Å²) in [6.07, 6.45) is 2.68. The van der Waals surface area contributed by atoms with E-state index in [1.165, 1.54) is 0 Å². The molecule has 0 saturated carbocycles. The number of aromatic nitrogens is 4. The monoisotopic (exact) mass is 645 g/mol. The Bertz CT molecular complexity index is 2000. The maximum Gasteiger partial charge on any atom is 0.490 e. The van der Waals surface area contributed by atoms with Gasteiger partial charge in [-0.2, -0.15) is 13.2 Å². The third kappa shape index (κ3) is 6.89. The largest absolute Gasteiger partial charge is 0.490 e. The van der Waals surface area contributed by atoms with Crippen LogP contribution in [0.3, 0.4) is 0 Å². The van der Waals surface area contributed by atoms with Crippen molar-refractivity contribution in [3.05, 3.63) is 90.0 Å². The van der Waals surface area contributed by atoms with Gasteiger partial charge in [-0.3, -0.25) is 14.5 Å². The van der Waals surface area contributed by atoms with Crippen molar-refractivity contribution in [1.82, 2.24) is 30.0 Å². The van der Waals surface area contributed by atoms with Gasteiger partial charge < -0.3 is 20.1 Å². The van der Waals surface area contributed by atoms with Gasteiger partial charge in [-0.1, -0.05) is 48.5 Å². The van der Waals surface area contributed by atoms with Crippen LogP contribution >= 0.6 is 0 Å². The molecule has 47 heavy (non-hydrogen) atoms. The molecule has 0 spiro atoms. The SMILES string of the molecule is O=C(O)C(F)(F)F.O=C1NC(=O)C(c2ccc(-c3cnc(N4CCOCC4)c4nc(/C=C/c5ccc6ccccc6n5)cn34)cc2)N1. The van der Waals surface area contributed by atoms with E-state index in [1.807, 2.05) is 83.5 Å². The van der Waals surface area contributed by atoms with Gasteiger partial charge in [0.2, 0.25) is 0 Å². The van der Waals surface area contributed by atoms with Gasteiger partial charge in [-0.05, 0) is 29.8 Å². The zero-order valence-corrected chi connectivity index (χ0v) is 24.4. The van der Waals surface area contributed by atoms with Gasteiger partial charge in [0, 0.05) is 30.2 Å². The van der Waals surface area contributed by atoms with Gasteiger partial charge in [-0.25, -0.2) is 24.5 Å². The Morgan fingerprint density at radius 2 is 1.66 bits per heavy atom. The number of amides is 3. The first-order chi connectivity index (χ1) is 22.6. The zero-order chi connectivity index (χ0) is 33.1. The second-order valence-corrected chi connectivity index (χ2v) is 10.5. The number of aliphatic carboxylic acids is 1. The van der Waals surface area contributed by atoms with Gasteiger partial charge in [0.15, 0.2) is 11.5 Å². The Balaban J connectivity index is 0.000000499. The van der Waals surface area contributed by atoms with E-state index in [2.05, 4.69) is 21.6 Å². The molecule has 0 bridgehead atoms. The number of urea groups is 1. The van der Waals surface area contributed by atoms with Crippen LogP contribution in [0.15, 0.2) is 73.1 Å². The van der Waals surface area contributed by atoms with Crippen LogP contribution in [0.5, 0.6) is 0 Å². The number of nitrogens with zero attached hydrogens (tertiary/aromatic N) is 5. The minimum absolute atomic E-state index is 0.358. The number of fused-ring (bicyclic) bond motifs is 2.